The van der Waals surface area contributed by atoms with E-state index >= 15 is 0 Å². The molecule has 2 heterocycles. The molecular weight excluding hydrogens is 324 g/mol. The zero-order chi connectivity index (χ0) is 17.9. The summed E-state index contributed by atoms with van der Waals surface area (Å²) in [6.07, 6.45) is 6.03. The number of esters is 1. The number of nitrogens with zero attached hydrogens (tertiary/aromatic N) is 2. The molecule has 0 bridgehead atoms. The molecule has 0 N–H and O–H groups in total. The number of hydrogen-bond acceptors (Lipinski definition) is 4. The van der Waals surface area contributed by atoms with Crippen molar-refractivity contribution in [2.24, 2.45) is 0 Å². The van der Waals surface area contributed by atoms with Gasteiger partial charge in [0, 0.05) is 24.0 Å². The van der Waals surface area contributed by atoms with Crippen LogP contribution in [0.2, 0.25) is 0 Å². The topological polar surface area (TPSA) is 42.4 Å². The van der Waals surface area contributed by atoms with Gasteiger partial charge >= 0.3 is 5.97 Å². The molecule has 1 aromatic heterocycles. The standard InChI is InChI=1S/C22H18N2O2/c1-26-22(25)19-10-8-16(9-11-19)15-24-20-7-3-2-5-17(20)12-13-18-6-4-14-23-21(18)24/h2-14H,15H2,1H3. The first-order chi connectivity index (χ1) is 12.8. The van der Waals surface area contributed by atoms with Crippen molar-refractivity contribution in [3.05, 3.63) is 89.1 Å². The Balaban J connectivity index is 1.74. The van der Waals surface area contributed by atoms with Gasteiger partial charge < -0.3 is 9.64 Å². The van der Waals surface area contributed by atoms with Crippen molar-refractivity contribution in [3.63, 3.8) is 0 Å². The van der Waals surface area contributed by atoms with E-state index in [1.54, 1.807) is 12.1 Å². The van der Waals surface area contributed by atoms with Gasteiger partial charge in [0.25, 0.3) is 0 Å². The smallest absolute Gasteiger partial charge is 0.337 e. The Hall–Kier alpha value is -3.40. The monoisotopic (exact) mass is 342 g/mol. The van der Waals surface area contributed by atoms with E-state index in [0.717, 1.165) is 28.2 Å². The number of rotatable bonds is 3. The molecular formula is C22H18N2O2. The number of para-hydroxylation sites is 1. The van der Waals surface area contributed by atoms with E-state index in [2.05, 4.69) is 40.2 Å². The molecule has 0 saturated carbocycles. The maximum Gasteiger partial charge on any atom is 0.337 e. The number of pyridine rings is 1. The van der Waals surface area contributed by atoms with Crippen molar-refractivity contribution in [1.29, 1.82) is 0 Å². The molecule has 3 aromatic rings. The summed E-state index contributed by atoms with van der Waals surface area (Å²) in [6.45, 7) is 0.657. The van der Waals surface area contributed by atoms with Crippen molar-refractivity contribution in [3.8, 4) is 0 Å². The van der Waals surface area contributed by atoms with E-state index in [0.29, 0.717) is 12.1 Å². The summed E-state index contributed by atoms with van der Waals surface area (Å²) in [7, 11) is 1.39. The van der Waals surface area contributed by atoms with Crippen molar-refractivity contribution in [1.82, 2.24) is 4.98 Å². The van der Waals surface area contributed by atoms with Crippen molar-refractivity contribution >= 4 is 29.6 Å². The Labute approximate surface area is 152 Å². The van der Waals surface area contributed by atoms with Crippen LogP contribution in [0.4, 0.5) is 11.5 Å². The van der Waals surface area contributed by atoms with Gasteiger partial charge in [-0.05, 0) is 41.5 Å². The van der Waals surface area contributed by atoms with Crippen LogP contribution in [0.15, 0.2) is 66.9 Å². The van der Waals surface area contributed by atoms with E-state index in [9.17, 15) is 4.79 Å². The zero-order valence-electron chi connectivity index (χ0n) is 14.4. The van der Waals surface area contributed by atoms with Crippen molar-refractivity contribution < 1.29 is 9.53 Å². The van der Waals surface area contributed by atoms with Gasteiger partial charge in [0.2, 0.25) is 0 Å². The molecule has 26 heavy (non-hydrogen) atoms. The molecule has 2 aromatic carbocycles. The number of ether oxygens (including phenoxy) is 1. The summed E-state index contributed by atoms with van der Waals surface area (Å²) in [5.41, 5.74) is 4.98. The average molecular weight is 342 g/mol. The lowest BCUT2D eigenvalue weighted by Crippen LogP contribution is -2.19. The van der Waals surface area contributed by atoms with Gasteiger partial charge in [0.15, 0.2) is 0 Å². The highest BCUT2D eigenvalue weighted by Gasteiger charge is 2.19. The minimum atomic E-state index is -0.326. The molecule has 4 heteroatoms. The van der Waals surface area contributed by atoms with E-state index in [1.165, 1.54) is 7.11 Å². The van der Waals surface area contributed by atoms with Gasteiger partial charge in [-0.2, -0.15) is 0 Å². The number of methoxy groups -OCH3 is 1. The fourth-order valence-corrected chi connectivity index (χ4v) is 3.14. The molecule has 4 nitrogen and oxygen atoms in total. The van der Waals surface area contributed by atoms with Crippen LogP contribution in [0.5, 0.6) is 0 Å². The van der Waals surface area contributed by atoms with Crippen LogP contribution in [-0.2, 0) is 11.3 Å². The fraction of sp³-hybridized carbons (Fsp3) is 0.0909. The van der Waals surface area contributed by atoms with Crippen LogP contribution in [0.1, 0.15) is 27.0 Å². The maximum atomic E-state index is 11.6. The van der Waals surface area contributed by atoms with Gasteiger partial charge in [-0.3, -0.25) is 0 Å². The molecule has 0 spiro atoms. The predicted octanol–water partition coefficient (Wildman–Crippen LogP) is 4.69. The second-order valence-electron chi connectivity index (χ2n) is 6.08. The fourth-order valence-electron chi connectivity index (χ4n) is 3.14. The number of carbonyl (C=O) groups is 1. The molecule has 128 valence electrons. The normalized spacial score (nSPS) is 12.1. The molecule has 0 saturated heterocycles. The Morgan fingerprint density at radius 1 is 0.962 bits per heavy atom. The number of anilines is 2. The van der Waals surface area contributed by atoms with Crippen LogP contribution in [-0.4, -0.2) is 18.1 Å². The van der Waals surface area contributed by atoms with E-state index in [4.69, 9.17) is 4.74 Å². The summed E-state index contributed by atoms with van der Waals surface area (Å²) in [4.78, 5) is 18.5. The summed E-state index contributed by atoms with van der Waals surface area (Å²) >= 11 is 0. The van der Waals surface area contributed by atoms with Crippen molar-refractivity contribution in [2.45, 2.75) is 6.54 Å². The highest BCUT2D eigenvalue weighted by molar-refractivity contribution is 5.89. The number of hydrogen-bond donors (Lipinski definition) is 0. The highest BCUT2D eigenvalue weighted by Crippen LogP contribution is 2.35. The molecule has 0 aliphatic carbocycles. The first-order valence-electron chi connectivity index (χ1n) is 8.43. The van der Waals surface area contributed by atoms with Crippen LogP contribution in [0.25, 0.3) is 12.2 Å². The lowest BCUT2D eigenvalue weighted by Gasteiger charge is -2.26. The molecule has 1 aliphatic heterocycles. The molecule has 0 unspecified atom stereocenters. The zero-order valence-corrected chi connectivity index (χ0v) is 14.4. The van der Waals surface area contributed by atoms with Crippen LogP contribution in [0.3, 0.4) is 0 Å². The Morgan fingerprint density at radius 3 is 2.50 bits per heavy atom. The number of fused-ring (bicyclic) bond motifs is 2. The van der Waals surface area contributed by atoms with Crippen LogP contribution >= 0.6 is 0 Å². The largest absolute Gasteiger partial charge is 0.465 e. The molecule has 0 fully saturated rings. The average Bonchev–Trinajstić information content (AvgIpc) is 2.86. The van der Waals surface area contributed by atoms with E-state index < -0.39 is 0 Å². The predicted molar refractivity (Wildman–Crippen MR) is 103 cm³/mol. The van der Waals surface area contributed by atoms with Gasteiger partial charge in [-0.25, -0.2) is 9.78 Å². The minimum absolute atomic E-state index is 0.326. The maximum absolute atomic E-state index is 11.6. The molecule has 0 amide bonds. The second kappa shape index (κ2) is 6.84. The molecule has 0 atom stereocenters. The van der Waals surface area contributed by atoms with Crippen molar-refractivity contribution in [2.75, 3.05) is 12.0 Å². The third-order valence-electron chi connectivity index (χ3n) is 4.46. The lowest BCUT2D eigenvalue weighted by molar-refractivity contribution is 0.0600. The summed E-state index contributed by atoms with van der Waals surface area (Å²) in [5, 5.41) is 0. The first-order valence-corrected chi connectivity index (χ1v) is 8.43. The summed E-state index contributed by atoms with van der Waals surface area (Å²) in [6, 6.07) is 19.8. The number of benzene rings is 2. The third kappa shape index (κ3) is 2.97. The molecule has 0 radical (unpaired) electrons. The number of carbonyl (C=O) groups excluding carboxylic acids is 1. The third-order valence-corrected chi connectivity index (χ3v) is 4.46. The SMILES string of the molecule is COC(=O)c1ccc(CN2c3ccccc3C=Cc3cccnc32)cc1. The van der Waals surface area contributed by atoms with Gasteiger partial charge in [-0.1, -0.05) is 42.5 Å². The van der Waals surface area contributed by atoms with E-state index in [1.807, 2.05) is 36.5 Å². The Morgan fingerprint density at radius 2 is 1.69 bits per heavy atom. The van der Waals surface area contributed by atoms with Crippen LogP contribution < -0.4 is 4.90 Å². The summed E-state index contributed by atoms with van der Waals surface area (Å²) < 4.78 is 4.77. The van der Waals surface area contributed by atoms with E-state index in [-0.39, 0.29) is 5.97 Å². The summed E-state index contributed by atoms with van der Waals surface area (Å²) in [5.74, 6) is 0.596. The second-order valence-corrected chi connectivity index (χ2v) is 6.08. The van der Waals surface area contributed by atoms with Gasteiger partial charge in [0.1, 0.15) is 5.82 Å². The quantitative estimate of drug-likeness (QED) is 0.648. The highest BCUT2D eigenvalue weighted by atomic mass is 16.5. The minimum Gasteiger partial charge on any atom is -0.465 e. The first kappa shape index (κ1) is 16.1. The Kier molecular flexibility index (Phi) is 4.23. The lowest BCUT2D eigenvalue weighted by atomic mass is 10.1. The van der Waals surface area contributed by atoms with Gasteiger partial charge in [-0.15, -0.1) is 0 Å². The number of aromatic nitrogens is 1. The molecule has 4 rings (SSSR count). The molecule has 1 aliphatic rings. The van der Waals surface area contributed by atoms with Gasteiger partial charge in [0.05, 0.1) is 12.7 Å². The Bertz CT molecular complexity index is 928. The van der Waals surface area contributed by atoms with Crippen LogP contribution in [0, 0.1) is 0 Å².